The van der Waals surface area contributed by atoms with Gasteiger partial charge in [0, 0.05) is 36.2 Å². The first-order valence-corrected chi connectivity index (χ1v) is 9.54. The molecule has 1 atom stereocenters. The molecule has 1 amide bonds. The smallest absolute Gasteiger partial charge is 0.248 e. The van der Waals surface area contributed by atoms with Crippen molar-refractivity contribution in [1.82, 2.24) is 19.7 Å². The Morgan fingerprint density at radius 1 is 1.41 bits per heavy atom. The number of anilines is 1. The first-order chi connectivity index (χ1) is 13.1. The summed E-state index contributed by atoms with van der Waals surface area (Å²) in [5, 5.41) is 10.9. The molecule has 0 radical (unpaired) electrons. The number of hydrogen-bond acceptors (Lipinski definition) is 4. The van der Waals surface area contributed by atoms with Crippen LogP contribution in [0.15, 0.2) is 30.5 Å². The van der Waals surface area contributed by atoms with Crippen molar-refractivity contribution in [2.75, 3.05) is 11.9 Å². The molecule has 27 heavy (non-hydrogen) atoms. The Kier molecular flexibility index (Phi) is 4.94. The third kappa shape index (κ3) is 3.73. The van der Waals surface area contributed by atoms with Gasteiger partial charge in [-0.2, -0.15) is 4.98 Å². The predicted molar refractivity (Wildman–Crippen MR) is 104 cm³/mol. The van der Waals surface area contributed by atoms with E-state index in [9.17, 15) is 4.79 Å². The molecular formula is C20H25N5O2. The lowest BCUT2D eigenvalue weighted by molar-refractivity contribution is -0.116. The van der Waals surface area contributed by atoms with Gasteiger partial charge < -0.3 is 9.30 Å². The fraction of sp³-hybridized carbons (Fsp3) is 0.450. The molecule has 7 nitrogen and oxygen atoms in total. The van der Waals surface area contributed by atoms with Crippen LogP contribution in [-0.2, 0) is 16.0 Å². The summed E-state index contributed by atoms with van der Waals surface area (Å²) < 4.78 is 7.83. The van der Waals surface area contributed by atoms with Crippen molar-refractivity contribution < 1.29 is 9.53 Å². The van der Waals surface area contributed by atoms with Crippen LogP contribution in [0, 0.1) is 0 Å². The van der Waals surface area contributed by atoms with E-state index >= 15 is 0 Å². The third-order valence-electron chi connectivity index (χ3n) is 4.99. The van der Waals surface area contributed by atoms with E-state index in [1.807, 2.05) is 12.1 Å². The molecule has 2 aromatic heterocycles. The number of aromatic nitrogens is 4. The molecule has 1 aromatic carbocycles. The van der Waals surface area contributed by atoms with Crippen LogP contribution < -0.4 is 5.32 Å². The molecule has 1 aliphatic rings. The number of aromatic amines is 1. The Balaban J connectivity index is 1.40. The highest BCUT2D eigenvalue weighted by Gasteiger charge is 2.21. The van der Waals surface area contributed by atoms with Gasteiger partial charge in [0.15, 0.2) is 5.82 Å². The van der Waals surface area contributed by atoms with Crippen molar-refractivity contribution in [3.8, 4) is 0 Å². The molecule has 0 unspecified atom stereocenters. The molecule has 0 spiro atoms. The van der Waals surface area contributed by atoms with Gasteiger partial charge >= 0.3 is 0 Å². The number of amides is 1. The molecule has 1 saturated heterocycles. The third-order valence-corrected chi connectivity index (χ3v) is 4.99. The maximum absolute atomic E-state index is 12.4. The van der Waals surface area contributed by atoms with Crippen molar-refractivity contribution >= 4 is 22.8 Å². The normalized spacial score (nSPS) is 17.1. The van der Waals surface area contributed by atoms with E-state index in [1.165, 1.54) is 16.5 Å². The Morgan fingerprint density at radius 3 is 3.04 bits per heavy atom. The highest BCUT2D eigenvalue weighted by atomic mass is 16.5. The fourth-order valence-corrected chi connectivity index (χ4v) is 3.61. The maximum atomic E-state index is 12.4. The topological polar surface area (TPSA) is 84.8 Å². The summed E-state index contributed by atoms with van der Waals surface area (Å²) in [5.74, 6) is 0.909. The van der Waals surface area contributed by atoms with E-state index in [4.69, 9.17) is 4.74 Å². The number of carbonyl (C=O) groups is 1. The van der Waals surface area contributed by atoms with Crippen LogP contribution in [0.2, 0.25) is 0 Å². The summed E-state index contributed by atoms with van der Waals surface area (Å²) in [7, 11) is 0. The van der Waals surface area contributed by atoms with Gasteiger partial charge in [-0.05, 0) is 44.7 Å². The lowest BCUT2D eigenvalue weighted by Crippen LogP contribution is -2.13. The predicted octanol–water partition coefficient (Wildman–Crippen LogP) is 3.76. The van der Waals surface area contributed by atoms with Crippen LogP contribution in [0.25, 0.3) is 10.9 Å². The lowest BCUT2D eigenvalue weighted by Gasteiger charge is -2.08. The van der Waals surface area contributed by atoms with Crippen molar-refractivity contribution in [3.63, 3.8) is 0 Å². The van der Waals surface area contributed by atoms with Crippen molar-refractivity contribution in [3.05, 3.63) is 41.9 Å². The number of nitrogens with zero attached hydrogens (tertiary/aromatic N) is 3. The number of hydrogen-bond donors (Lipinski definition) is 2. The number of ether oxygens (including phenoxy) is 1. The van der Waals surface area contributed by atoms with Gasteiger partial charge in [0.05, 0.1) is 0 Å². The summed E-state index contributed by atoms with van der Waals surface area (Å²) in [6, 6.07) is 8.70. The van der Waals surface area contributed by atoms with Gasteiger partial charge in [-0.1, -0.05) is 18.2 Å². The lowest BCUT2D eigenvalue weighted by atomic mass is 10.1. The maximum Gasteiger partial charge on any atom is 0.248 e. The molecular weight excluding hydrogens is 342 g/mol. The summed E-state index contributed by atoms with van der Waals surface area (Å²) in [4.78, 5) is 16.7. The Hall–Kier alpha value is -2.67. The number of nitrogens with one attached hydrogen (secondary N) is 2. The monoisotopic (exact) mass is 367 g/mol. The van der Waals surface area contributed by atoms with E-state index in [-0.39, 0.29) is 12.0 Å². The first kappa shape index (κ1) is 17.7. The highest BCUT2D eigenvalue weighted by molar-refractivity contribution is 5.90. The van der Waals surface area contributed by atoms with Gasteiger partial charge in [-0.15, -0.1) is 5.10 Å². The highest BCUT2D eigenvalue weighted by Crippen LogP contribution is 2.27. The molecule has 0 saturated carbocycles. The van der Waals surface area contributed by atoms with E-state index in [0.29, 0.717) is 30.7 Å². The summed E-state index contributed by atoms with van der Waals surface area (Å²) in [6.45, 7) is 5.08. The molecule has 2 N–H and O–H groups in total. The molecule has 3 heterocycles. The van der Waals surface area contributed by atoms with Gasteiger partial charge in [0.25, 0.3) is 0 Å². The van der Waals surface area contributed by atoms with Crippen LogP contribution in [0.4, 0.5) is 5.95 Å². The summed E-state index contributed by atoms with van der Waals surface area (Å²) in [5.41, 5.74) is 2.39. The zero-order valence-electron chi connectivity index (χ0n) is 15.7. The van der Waals surface area contributed by atoms with Crippen molar-refractivity contribution in [2.24, 2.45) is 0 Å². The Labute approximate surface area is 158 Å². The van der Waals surface area contributed by atoms with Gasteiger partial charge in [0.2, 0.25) is 11.9 Å². The number of carbonyl (C=O) groups excluding carboxylic acids is 1. The fourth-order valence-electron chi connectivity index (χ4n) is 3.61. The number of H-pyrrole nitrogens is 1. The van der Waals surface area contributed by atoms with Crippen LogP contribution >= 0.6 is 0 Å². The molecule has 142 valence electrons. The second-order valence-corrected chi connectivity index (χ2v) is 7.27. The molecule has 4 rings (SSSR count). The molecule has 3 aromatic rings. The van der Waals surface area contributed by atoms with Gasteiger partial charge in [0.1, 0.15) is 6.10 Å². The quantitative estimate of drug-likeness (QED) is 0.695. The zero-order chi connectivity index (χ0) is 18.8. The van der Waals surface area contributed by atoms with Crippen LogP contribution in [0.5, 0.6) is 0 Å². The summed E-state index contributed by atoms with van der Waals surface area (Å²) in [6.07, 6.45) is 5.14. The van der Waals surface area contributed by atoms with Crippen molar-refractivity contribution in [1.29, 1.82) is 0 Å². The van der Waals surface area contributed by atoms with E-state index in [1.54, 1.807) is 0 Å². The second kappa shape index (κ2) is 7.52. The van der Waals surface area contributed by atoms with E-state index in [0.717, 1.165) is 19.4 Å². The van der Waals surface area contributed by atoms with Gasteiger partial charge in [-0.25, -0.2) is 0 Å². The van der Waals surface area contributed by atoms with E-state index in [2.05, 4.69) is 57.2 Å². The minimum Gasteiger partial charge on any atom is -0.370 e. The summed E-state index contributed by atoms with van der Waals surface area (Å²) >= 11 is 0. The van der Waals surface area contributed by atoms with Gasteiger partial charge in [-0.3, -0.25) is 15.2 Å². The molecule has 1 aliphatic heterocycles. The SMILES string of the molecule is CC(C)n1cc(CCC(=O)Nc2n[nH]c([C@H]3CCCO3)n2)c2ccccc21. The first-order valence-electron chi connectivity index (χ1n) is 9.54. The van der Waals surface area contributed by atoms with Crippen molar-refractivity contribution in [2.45, 2.75) is 51.7 Å². The number of para-hydroxylation sites is 1. The molecule has 0 bridgehead atoms. The number of aryl methyl sites for hydroxylation is 1. The average molecular weight is 367 g/mol. The zero-order valence-corrected chi connectivity index (χ0v) is 15.7. The number of benzene rings is 1. The molecule has 7 heteroatoms. The molecule has 1 fully saturated rings. The van der Waals surface area contributed by atoms with Crippen LogP contribution in [-0.4, -0.2) is 32.3 Å². The van der Waals surface area contributed by atoms with Crippen LogP contribution in [0.1, 0.15) is 56.6 Å². The number of fused-ring (bicyclic) bond motifs is 1. The largest absolute Gasteiger partial charge is 0.370 e. The molecule has 0 aliphatic carbocycles. The number of rotatable bonds is 6. The standard InChI is InChI=1S/C20H25N5O2/c1-13(2)25-12-14(15-6-3-4-7-16(15)25)9-10-18(26)21-20-22-19(23-24-20)17-8-5-11-27-17/h3-4,6-7,12-13,17H,5,8-11H2,1-2H3,(H2,21,22,23,24,26)/t17-/m1/s1. The van der Waals surface area contributed by atoms with Crippen LogP contribution in [0.3, 0.4) is 0 Å². The second-order valence-electron chi connectivity index (χ2n) is 7.27. The average Bonchev–Trinajstić information content (AvgIpc) is 3.39. The minimum absolute atomic E-state index is 0.0367. The van der Waals surface area contributed by atoms with E-state index < -0.39 is 0 Å². The Bertz CT molecular complexity index is 937. The minimum atomic E-state index is -0.0886. The Morgan fingerprint density at radius 2 is 2.26 bits per heavy atom.